The van der Waals surface area contributed by atoms with Crippen molar-refractivity contribution in [3.63, 3.8) is 0 Å². The number of hydrogen-bond donors (Lipinski definition) is 2. The number of aromatic nitrogens is 1. The van der Waals surface area contributed by atoms with Gasteiger partial charge < -0.3 is 19.8 Å². The van der Waals surface area contributed by atoms with Crippen LogP contribution in [0.15, 0.2) is 24.4 Å². The van der Waals surface area contributed by atoms with Crippen molar-refractivity contribution in [2.24, 2.45) is 0 Å². The molecule has 4 rings (SSSR count). The zero-order chi connectivity index (χ0) is 14.8. The highest BCUT2D eigenvalue weighted by Crippen LogP contribution is 2.37. The maximum atomic E-state index is 5.45. The molecule has 0 aliphatic carbocycles. The van der Waals surface area contributed by atoms with Gasteiger partial charge in [-0.1, -0.05) is 0 Å². The molecule has 1 aromatic heterocycles. The summed E-state index contributed by atoms with van der Waals surface area (Å²) in [5, 5.41) is 1.03. The lowest BCUT2D eigenvalue weighted by atomic mass is 10.1. The summed E-state index contributed by atoms with van der Waals surface area (Å²) in [5.74, 6) is 1.54. The van der Waals surface area contributed by atoms with E-state index in [1.165, 1.54) is 25.9 Å². The van der Waals surface area contributed by atoms with E-state index in [-0.39, 0.29) is 6.79 Å². The van der Waals surface area contributed by atoms with Crippen molar-refractivity contribution in [3.05, 3.63) is 24.4 Å². The maximum absolute atomic E-state index is 5.45. The lowest BCUT2D eigenvalue weighted by Gasteiger charge is -2.16. The normalized spacial score (nSPS) is 17.3. The predicted molar refractivity (Wildman–Crippen MR) is 85.2 cm³/mol. The van der Waals surface area contributed by atoms with Gasteiger partial charge in [-0.3, -0.25) is 4.98 Å². The second kappa shape index (κ2) is 5.98. The average Bonchev–Trinajstić information content (AvgIpc) is 3.20. The highest BCUT2D eigenvalue weighted by molar-refractivity contribution is 5.93. The molecule has 6 nitrogen and oxygen atoms in total. The van der Waals surface area contributed by atoms with E-state index >= 15 is 0 Å². The fourth-order valence-corrected chi connectivity index (χ4v) is 3.02. The molecule has 0 atom stereocenters. The Hall–Kier alpha value is -2.05. The van der Waals surface area contributed by atoms with Crippen LogP contribution in [0.2, 0.25) is 0 Å². The first-order chi connectivity index (χ1) is 10.9. The first-order valence-electron chi connectivity index (χ1n) is 7.80. The van der Waals surface area contributed by atoms with Gasteiger partial charge in [-0.2, -0.15) is 0 Å². The Labute approximate surface area is 129 Å². The molecule has 2 aliphatic heterocycles. The van der Waals surface area contributed by atoms with Gasteiger partial charge in [0.2, 0.25) is 6.79 Å². The molecule has 22 heavy (non-hydrogen) atoms. The van der Waals surface area contributed by atoms with Crippen molar-refractivity contribution in [3.8, 4) is 11.5 Å². The van der Waals surface area contributed by atoms with Gasteiger partial charge in [0.05, 0.1) is 11.2 Å². The Balaban J connectivity index is 1.44. The van der Waals surface area contributed by atoms with Gasteiger partial charge in [-0.25, -0.2) is 5.43 Å². The minimum atomic E-state index is 0.280. The van der Waals surface area contributed by atoms with Crippen molar-refractivity contribution in [2.45, 2.75) is 12.8 Å². The highest BCUT2D eigenvalue weighted by Gasteiger charge is 2.16. The quantitative estimate of drug-likeness (QED) is 0.650. The van der Waals surface area contributed by atoms with Gasteiger partial charge in [-0.15, -0.1) is 0 Å². The fourth-order valence-electron chi connectivity index (χ4n) is 3.02. The Bertz CT molecular complexity index is 670. The van der Waals surface area contributed by atoms with E-state index in [1.807, 2.05) is 18.2 Å². The minimum Gasteiger partial charge on any atom is -0.454 e. The van der Waals surface area contributed by atoms with Crippen LogP contribution >= 0.6 is 0 Å². The van der Waals surface area contributed by atoms with Gasteiger partial charge in [0.25, 0.3) is 0 Å². The molecule has 0 unspecified atom stereocenters. The molecular weight excluding hydrogens is 280 g/mol. The first kappa shape index (κ1) is 13.6. The summed E-state index contributed by atoms with van der Waals surface area (Å²) >= 11 is 0. The van der Waals surface area contributed by atoms with Crippen molar-refractivity contribution < 1.29 is 9.47 Å². The minimum absolute atomic E-state index is 0.280. The van der Waals surface area contributed by atoms with Crippen LogP contribution in [0, 0.1) is 0 Å². The molecule has 1 fully saturated rings. The van der Waals surface area contributed by atoms with Crippen LogP contribution in [0.1, 0.15) is 12.8 Å². The first-order valence-corrected chi connectivity index (χ1v) is 7.80. The van der Waals surface area contributed by atoms with E-state index in [9.17, 15) is 0 Å². The second-order valence-electron chi connectivity index (χ2n) is 5.68. The van der Waals surface area contributed by atoms with E-state index in [0.717, 1.165) is 41.2 Å². The SMILES string of the molecule is c1cc(NNCCN2CCCC2)c2cc3c(cc2n1)OCO3. The van der Waals surface area contributed by atoms with Gasteiger partial charge >= 0.3 is 0 Å². The number of nitrogens with one attached hydrogen (secondary N) is 2. The summed E-state index contributed by atoms with van der Waals surface area (Å²) < 4.78 is 10.8. The summed E-state index contributed by atoms with van der Waals surface area (Å²) in [7, 11) is 0. The Morgan fingerprint density at radius 2 is 1.95 bits per heavy atom. The van der Waals surface area contributed by atoms with Crippen LogP contribution in [0.4, 0.5) is 5.69 Å². The third-order valence-corrected chi connectivity index (χ3v) is 4.21. The van der Waals surface area contributed by atoms with Gasteiger partial charge in [0, 0.05) is 30.7 Å². The molecule has 2 aliphatic rings. The fraction of sp³-hybridized carbons (Fsp3) is 0.438. The molecular formula is C16H20N4O2. The zero-order valence-electron chi connectivity index (χ0n) is 12.5. The molecule has 116 valence electrons. The summed E-state index contributed by atoms with van der Waals surface area (Å²) in [6.45, 7) is 4.71. The van der Waals surface area contributed by atoms with Crippen molar-refractivity contribution in [1.29, 1.82) is 0 Å². The number of likely N-dealkylation sites (tertiary alicyclic amines) is 1. The molecule has 3 heterocycles. The third kappa shape index (κ3) is 2.67. The number of fused-ring (bicyclic) bond motifs is 2. The van der Waals surface area contributed by atoms with E-state index < -0.39 is 0 Å². The Morgan fingerprint density at radius 3 is 2.82 bits per heavy atom. The molecule has 6 heteroatoms. The van der Waals surface area contributed by atoms with Crippen molar-refractivity contribution in [1.82, 2.24) is 15.3 Å². The zero-order valence-corrected chi connectivity index (χ0v) is 12.5. The summed E-state index contributed by atoms with van der Waals surface area (Å²) in [4.78, 5) is 6.88. The van der Waals surface area contributed by atoms with Crippen LogP contribution in [-0.2, 0) is 0 Å². The predicted octanol–water partition coefficient (Wildman–Crippen LogP) is 1.98. The average molecular weight is 300 g/mol. The van der Waals surface area contributed by atoms with E-state index in [1.54, 1.807) is 6.20 Å². The van der Waals surface area contributed by atoms with Crippen LogP contribution < -0.4 is 20.3 Å². The third-order valence-electron chi connectivity index (χ3n) is 4.21. The lowest BCUT2D eigenvalue weighted by Crippen LogP contribution is -2.32. The Kier molecular flexibility index (Phi) is 3.70. The number of anilines is 1. The van der Waals surface area contributed by atoms with Crippen molar-refractivity contribution in [2.75, 3.05) is 38.4 Å². The molecule has 2 aromatic rings. The molecule has 0 saturated carbocycles. The number of nitrogens with zero attached hydrogens (tertiary/aromatic N) is 2. The summed E-state index contributed by atoms with van der Waals surface area (Å²) in [5.41, 5.74) is 8.49. The number of pyridine rings is 1. The van der Waals surface area contributed by atoms with E-state index in [2.05, 4.69) is 20.7 Å². The molecule has 0 amide bonds. The largest absolute Gasteiger partial charge is 0.454 e. The monoisotopic (exact) mass is 300 g/mol. The molecule has 1 aromatic carbocycles. The lowest BCUT2D eigenvalue weighted by molar-refractivity contribution is 0.174. The van der Waals surface area contributed by atoms with Crippen LogP contribution in [0.5, 0.6) is 11.5 Å². The second-order valence-corrected chi connectivity index (χ2v) is 5.68. The topological polar surface area (TPSA) is 58.7 Å². The van der Waals surface area contributed by atoms with E-state index in [4.69, 9.17) is 9.47 Å². The molecule has 2 N–H and O–H groups in total. The van der Waals surface area contributed by atoms with Crippen LogP contribution in [0.3, 0.4) is 0 Å². The standard InChI is InChI=1S/C16H20N4O2/c1-2-7-20(6-1)8-5-18-19-13-3-4-17-14-10-16-15(9-12(13)14)21-11-22-16/h3-4,9-10,18H,1-2,5-8,11H2,(H,17,19). The van der Waals surface area contributed by atoms with Crippen molar-refractivity contribution >= 4 is 16.6 Å². The van der Waals surface area contributed by atoms with Gasteiger partial charge in [0.1, 0.15) is 0 Å². The van der Waals surface area contributed by atoms with Gasteiger partial charge in [0.15, 0.2) is 11.5 Å². The van der Waals surface area contributed by atoms with Crippen LogP contribution in [0.25, 0.3) is 10.9 Å². The summed E-state index contributed by atoms with van der Waals surface area (Å²) in [6.07, 6.45) is 4.46. The number of benzene rings is 1. The molecule has 1 saturated heterocycles. The van der Waals surface area contributed by atoms with Crippen LogP contribution in [-0.4, -0.2) is 42.9 Å². The summed E-state index contributed by atoms with van der Waals surface area (Å²) in [6, 6.07) is 5.87. The number of rotatable bonds is 5. The smallest absolute Gasteiger partial charge is 0.231 e. The molecule has 0 spiro atoms. The highest BCUT2D eigenvalue weighted by atomic mass is 16.7. The number of ether oxygens (including phenoxy) is 2. The Morgan fingerprint density at radius 1 is 1.14 bits per heavy atom. The molecule has 0 bridgehead atoms. The van der Waals surface area contributed by atoms with E-state index in [0.29, 0.717) is 0 Å². The molecule has 0 radical (unpaired) electrons. The number of hydrazine groups is 1. The maximum Gasteiger partial charge on any atom is 0.231 e. The van der Waals surface area contributed by atoms with Gasteiger partial charge in [-0.05, 0) is 38.1 Å². The number of hydrogen-bond acceptors (Lipinski definition) is 6.